The van der Waals surface area contributed by atoms with E-state index in [4.69, 9.17) is 4.74 Å². The van der Waals surface area contributed by atoms with Crippen LogP contribution >= 0.6 is 24.0 Å². The smallest absolute Gasteiger partial charge is 0.191 e. The van der Waals surface area contributed by atoms with Gasteiger partial charge in [-0.3, -0.25) is 4.99 Å². The number of aliphatic imine (C=N–C) groups is 1. The third-order valence-electron chi connectivity index (χ3n) is 5.08. The lowest BCUT2D eigenvalue weighted by atomic mass is 10.1. The molecule has 150 valence electrons. The number of ether oxygens (including phenoxy) is 1. The molecular formula is C20H32IN5O. The second kappa shape index (κ2) is 11.5. The second-order valence-electron chi connectivity index (χ2n) is 7.04. The van der Waals surface area contributed by atoms with Crippen LogP contribution in [-0.4, -0.2) is 56.9 Å². The summed E-state index contributed by atoms with van der Waals surface area (Å²) in [5.74, 6) is 1.99. The summed E-state index contributed by atoms with van der Waals surface area (Å²) in [6.45, 7) is 6.65. The molecule has 0 amide bonds. The molecule has 2 N–H and O–H groups in total. The lowest BCUT2D eigenvalue weighted by Gasteiger charge is -2.33. The van der Waals surface area contributed by atoms with E-state index < -0.39 is 0 Å². The summed E-state index contributed by atoms with van der Waals surface area (Å²) in [6.07, 6.45) is 8.45. The topological polar surface area (TPSA) is 61.8 Å². The maximum absolute atomic E-state index is 5.35. The fourth-order valence-corrected chi connectivity index (χ4v) is 3.42. The van der Waals surface area contributed by atoms with Gasteiger partial charge in [0.1, 0.15) is 5.82 Å². The molecule has 1 saturated heterocycles. The predicted molar refractivity (Wildman–Crippen MR) is 122 cm³/mol. The third kappa shape index (κ3) is 6.95. The largest absolute Gasteiger partial charge is 0.377 e. The summed E-state index contributed by atoms with van der Waals surface area (Å²) >= 11 is 0. The number of anilines is 1. The number of nitrogens with zero attached hydrogens (tertiary/aromatic N) is 3. The number of nitrogens with one attached hydrogen (secondary N) is 2. The fraction of sp³-hybridized carbons (Fsp3) is 0.600. The Balaban J connectivity index is 0.00000261. The van der Waals surface area contributed by atoms with Crippen LogP contribution in [0.4, 0.5) is 5.82 Å². The summed E-state index contributed by atoms with van der Waals surface area (Å²) < 4.78 is 5.35. The minimum absolute atomic E-state index is 0. The normalized spacial score (nSPS) is 18.5. The van der Waals surface area contributed by atoms with Gasteiger partial charge in [-0.15, -0.1) is 24.0 Å². The van der Waals surface area contributed by atoms with Crippen LogP contribution in [0.15, 0.2) is 35.0 Å². The number of aromatic nitrogens is 1. The molecule has 3 rings (SSSR count). The molecule has 0 radical (unpaired) electrons. The molecule has 2 aliphatic rings. The Morgan fingerprint density at radius 3 is 2.78 bits per heavy atom. The van der Waals surface area contributed by atoms with E-state index >= 15 is 0 Å². The van der Waals surface area contributed by atoms with Crippen molar-refractivity contribution in [1.29, 1.82) is 0 Å². The maximum atomic E-state index is 5.35. The molecule has 0 spiro atoms. The van der Waals surface area contributed by atoms with Crippen LogP contribution in [0.25, 0.3) is 0 Å². The third-order valence-corrected chi connectivity index (χ3v) is 5.08. The number of hydrogen-bond donors (Lipinski definition) is 2. The molecule has 2 aliphatic heterocycles. The van der Waals surface area contributed by atoms with Crippen LogP contribution in [0.2, 0.25) is 0 Å². The molecule has 0 aromatic carbocycles. The molecule has 0 saturated carbocycles. The molecule has 0 unspecified atom stereocenters. The fourth-order valence-electron chi connectivity index (χ4n) is 3.42. The van der Waals surface area contributed by atoms with Gasteiger partial charge in [-0.1, -0.05) is 17.7 Å². The molecule has 0 bridgehead atoms. The van der Waals surface area contributed by atoms with Gasteiger partial charge in [0, 0.05) is 38.9 Å². The number of aryl methyl sites for hydroxylation is 1. The lowest BCUT2D eigenvalue weighted by molar-refractivity contribution is 0.153. The Morgan fingerprint density at radius 1 is 1.33 bits per heavy atom. The molecule has 1 aromatic rings. The average molecular weight is 485 g/mol. The second-order valence-corrected chi connectivity index (χ2v) is 7.04. The van der Waals surface area contributed by atoms with Crippen molar-refractivity contribution in [2.75, 3.05) is 44.8 Å². The van der Waals surface area contributed by atoms with Crippen molar-refractivity contribution in [2.24, 2.45) is 4.99 Å². The van der Waals surface area contributed by atoms with Gasteiger partial charge >= 0.3 is 0 Å². The number of hydrogen-bond acceptors (Lipinski definition) is 4. The summed E-state index contributed by atoms with van der Waals surface area (Å²) in [5.41, 5.74) is 2.69. The standard InChI is InChI=1S/C20H31N5O.HI/c1-16-3-4-19(23-15-16)25-11-6-18(7-12-25)24-20(21-2)22-10-5-17-8-13-26-14-9-17;/h3-4,8,15,18H,5-7,9-14H2,1-2H3,(H2,21,22,24);1H. The van der Waals surface area contributed by atoms with Gasteiger partial charge < -0.3 is 20.3 Å². The number of rotatable bonds is 5. The lowest BCUT2D eigenvalue weighted by Crippen LogP contribution is -2.49. The van der Waals surface area contributed by atoms with Gasteiger partial charge in [-0.25, -0.2) is 4.98 Å². The number of piperidine rings is 1. The van der Waals surface area contributed by atoms with Crippen molar-refractivity contribution < 1.29 is 4.74 Å². The Morgan fingerprint density at radius 2 is 2.15 bits per heavy atom. The van der Waals surface area contributed by atoms with E-state index in [-0.39, 0.29) is 24.0 Å². The summed E-state index contributed by atoms with van der Waals surface area (Å²) in [5, 5.41) is 7.02. The zero-order valence-electron chi connectivity index (χ0n) is 16.4. The van der Waals surface area contributed by atoms with Crippen molar-refractivity contribution in [1.82, 2.24) is 15.6 Å². The summed E-state index contributed by atoms with van der Waals surface area (Å²) in [7, 11) is 1.84. The molecule has 0 atom stereocenters. The maximum Gasteiger partial charge on any atom is 0.191 e. The first-order chi connectivity index (χ1) is 12.7. The van der Waals surface area contributed by atoms with E-state index in [9.17, 15) is 0 Å². The molecule has 1 aromatic heterocycles. The first-order valence-corrected chi connectivity index (χ1v) is 9.65. The van der Waals surface area contributed by atoms with E-state index in [1.807, 2.05) is 13.2 Å². The highest BCUT2D eigenvalue weighted by atomic mass is 127. The Bertz CT molecular complexity index is 624. The van der Waals surface area contributed by atoms with Gasteiger partial charge in [-0.2, -0.15) is 0 Å². The SMILES string of the molecule is CN=C(NCCC1=CCOCC1)NC1CCN(c2ccc(C)cn2)CC1.I. The van der Waals surface area contributed by atoms with Crippen molar-refractivity contribution in [2.45, 2.75) is 38.6 Å². The van der Waals surface area contributed by atoms with Crippen LogP contribution < -0.4 is 15.5 Å². The number of guanidine groups is 1. The zero-order valence-corrected chi connectivity index (χ0v) is 18.7. The van der Waals surface area contributed by atoms with Gasteiger partial charge in [0.2, 0.25) is 0 Å². The van der Waals surface area contributed by atoms with Crippen LogP contribution in [0.1, 0.15) is 31.2 Å². The molecule has 3 heterocycles. The van der Waals surface area contributed by atoms with Crippen LogP contribution in [0.3, 0.4) is 0 Å². The molecule has 27 heavy (non-hydrogen) atoms. The average Bonchev–Trinajstić information content (AvgIpc) is 2.69. The highest BCUT2D eigenvalue weighted by Gasteiger charge is 2.20. The zero-order chi connectivity index (χ0) is 18.2. The van der Waals surface area contributed by atoms with E-state index in [0.717, 1.165) is 70.3 Å². The van der Waals surface area contributed by atoms with Crippen molar-refractivity contribution in [3.05, 3.63) is 35.5 Å². The van der Waals surface area contributed by atoms with Crippen molar-refractivity contribution >= 4 is 35.8 Å². The Hall–Kier alpha value is -1.35. The molecule has 7 heteroatoms. The monoisotopic (exact) mass is 485 g/mol. The van der Waals surface area contributed by atoms with E-state index in [1.54, 1.807) is 0 Å². The van der Waals surface area contributed by atoms with Crippen LogP contribution in [0.5, 0.6) is 0 Å². The first kappa shape index (κ1) is 21.9. The van der Waals surface area contributed by atoms with Gasteiger partial charge in [0.25, 0.3) is 0 Å². The van der Waals surface area contributed by atoms with Crippen LogP contribution in [0, 0.1) is 6.92 Å². The highest BCUT2D eigenvalue weighted by Crippen LogP contribution is 2.18. The van der Waals surface area contributed by atoms with Crippen LogP contribution in [-0.2, 0) is 4.74 Å². The minimum atomic E-state index is 0. The Kier molecular flexibility index (Phi) is 9.33. The van der Waals surface area contributed by atoms with E-state index in [2.05, 4.69) is 50.6 Å². The first-order valence-electron chi connectivity index (χ1n) is 9.65. The van der Waals surface area contributed by atoms with Gasteiger partial charge in [-0.05, 0) is 44.2 Å². The quantitative estimate of drug-likeness (QED) is 0.291. The van der Waals surface area contributed by atoms with Gasteiger partial charge in [0.05, 0.1) is 13.2 Å². The summed E-state index contributed by atoms with van der Waals surface area (Å²) in [4.78, 5) is 11.3. The molecule has 0 aliphatic carbocycles. The highest BCUT2D eigenvalue weighted by molar-refractivity contribution is 14.0. The predicted octanol–water partition coefficient (Wildman–Crippen LogP) is 2.88. The Labute approximate surface area is 179 Å². The molecule has 6 nitrogen and oxygen atoms in total. The van der Waals surface area contributed by atoms with E-state index in [1.165, 1.54) is 11.1 Å². The van der Waals surface area contributed by atoms with Gasteiger partial charge in [0.15, 0.2) is 5.96 Å². The molecular weight excluding hydrogens is 453 g/mol. The number of halogens is 1. The van der Waals surface area contributed by atoms with Crippen molar-refractivity contribution in [3.8, 4) is 0 Å². The van der Waals surface area contributed by atoms with Crippen molar-refractivity contribution in [3.63, 3.8) is 0 Å². The van der Waals surface area contributed by atoms with E-state index in [0.29, 0.717) is 6.04 Å². The minimum Gasteiger partial charge on any atom is -0.377 e. The number of pyridine rings is 1. The summed E-state index contributed by atoms with van der Waals surface area (Å²) in [6, 6.07) is 4.71. The molecule has 1 fully saturated rings.